The number of imide groups is 2. The second kappa shape index (κ2) is 12.5. The van der Waals surface area contributed by atoms with Gasteiger partial charge in [-0.05, 0) is 61.6 Å². The van der Waals surface area contributed by atoms with Crippen LogP contribution in [0, 0.1) is 23.7 Å². The zero-order chi connectivity index (χ0) is 35.6. The second-order valence-corrected chi connectivity index (χ2v) is 13.7. The molecular formula is C37H35Cl2N3O8. The third-order valence-electron chi connectivity index (χ3n) is 10.8. The summed E-state index contributed by atoms with van der Waals surface area (Å²) in [5, 5.41) is 13.4. The highest BCUT2D eigenvalue weighted by atomic mass is 35.5. The van der Waals surface area contributed by atoms with Crippen LogP contribution < -0.4 is 19.6 Å². The van der Waals surface area contributed by atoms with Gasteiger partial charge in [0.25, 0.3) is 11.8 Å². The number of likely N-dealkylation sites (tertiary alicyclic amines) is 1. The number of aromatic hydroxyl groups is 1. The molecule has 2 saturated heterocycles. The molecule has 3 aromatic carbocycles. The fourth-order valence-electron chi connectivity index (χ4n) is 8.70. The molecule has 3 fully saturated rings. The average Bonchev–Trinajstić information content (AvgIpc) is 3.49. The zero-order valence-electron chi connectivity index (χ0n) is 27.7. The zero-order valence-corrected chi connectivity index (χ0v) is 29.2. The van der Waals surface area contributed by atoms with Crippen molar-refractivity contribution in [2.75, 3.05) is 33.3 Å². The molecule has 3 aromatic rings. The number of halogens is 2. The smallest absolute Gasteiger partial charge is 0.260 e. The Hall–Kier alpha value is -4.74. The Labute approximate surface area is 298 Å². The van der Waals surface area contributed by atoms with E-state index in [-0.39, 0.29) is 59.0 Å². The number of allylic oxidation sites excluding steroid dienone is 2. The van der Waals surface area contributed by atoms with Gasteiger partial charge in [0.15, 0.2) is 0 Å². The average molecular weight is 721 g/mol. The van der Waals surface area contributed by atoms with Crippen LogP contribution in [0.15, 0.2) is 66.2 Å². The second-order valence-electron chi connectivity index (χ2n) is 12.9. The first kappa shape index (κ1) is 33.7. The largest absolute Gasteiger partial charge is 0.507 e. The lowest BCUT2D eigenvalue weighted by molar-refractivity contribution is -0.141. The van der Waals surface area contributed by atoms with Crippen molar-refractivity contribution in [3.8, 4) is 23.0 Å². The molecule has 2 aliphatic heterocycles. The van der Waals surface area contributed by atoms with Gasteiger partial charge in [0.2, 0.25) is 11.8 Å². The summed E-state index contributed by atoms with van der Waals surface area (Å²) >= 11 is 12.7. The highest BCUT2D eigenvalue weighted by Crippen LogP contribution is 2.66. The van der Waals surface area contributed by atoms with Crippen LogP contribution in [0.1, 0.15) is 36.8 Å². The van der Waals surface area contributed by atoms with Gasteiger partial charge in [0.1, 0.15) is 23.0 Å². The number of phenolic OH excluding ortho intramolecular Hbond substituents is 1. The Morgan fingerprint density at radius 2 is 1.60 bits per heavy atom. The van der Waals surface area contributed by atoms with Crippen molar-refractivity contribution < 1.29 is 38.5 Å². The number of fused-ring (bicyclic) bond motifs is 4. The summed E-state index contributed by atoms with van der Waals surface area (Å²) in [5.41, 5.74) is 2.97. The number of hydrogen-bond donors (Lipinski definition) is 2. The van der Waals surface area contributed by atoms with Crippen molar-refractivity contribution in [2.24, 2.45) is 23.7 Å². The van der Waals surface area contributed by atoms with E-state index in [9.17, 15) is 19.5 Å². The minimum atomic E-state index is -1.67. The molecule has 0 bridgehead atoms. The van der Waals surface area contributed by atoms with E-state index in [1.807, 2.05) is 6.08 Å². The molecule has 0 aromatic heterocycles. The van der Waals surface area contributed by atoms with Crippen LogP contribution >= 0.6 is 23.2 Å². The number of nitrogens with one attached hydrogen (secondary N) is 1. The Morgan fingerprint density at radius 3 is 2.24 bits per heavy atom. The number of phenols is 1. The number of nitrogens with zero attached hydrogens (tertiary/aromatic N) is 2. The maximum absolute atomic E-state index is 15.4. The van der Waals surface area contributed by atoms with Gasteiger partial charge in [-0.1, -0.05) is 47.0 Å². The first-order valence-corrected chi connectivity index (χ1v) is 17.0. The number of benzene rings is 3. The number of carbonyl (C=O) groups excluding carboxylic acids is 4. The topological polar surface area (TPSA) is 135 Å². The van der Waals surface area contributed by atoms with Crippen LogP contribution in [0.25, 0.3) is 0 Å². The predicted octanol–water partition coefficient (Wildman–Crippen LogP) is 5.73. The lowest BCUT2D eigenvalue weighted by Gasteiger charge is -2.50. The minimum absolute atomic E-state index is 0.0858. The van der Waals surface area contributed by atoms with Crippen LogP contribution in [0.3, 0.4) is 0 Å². The van der Waals surface area contributed by atoms with Gasteiger partial charge in [-0.2, -0.15) is 5.01 Å². The first-order chi connectivity index (χ1) is 24.0. The van der Waals surface area contributed by atoms with Crippen molar-refractivity contribution in [2.45, 2.75) is 31.1 Å². The van der Waals surface area contributed by atoms with Crippen molar-refractivity contribution in [1.29, 1.82) is 0 Å². The Bertz CT molecular complexity index is 1970. The summed E-state index contributed by atoms with van der Waals surface area (Å²) in [4.78, 5) is 58.9. The van der Waals surface area contributed by atoms with E-state index in [1.165, 1.54) is 38.4 Å². The summed E-state index contributed by atoms with van der Waals surface area (Å²) in [6.45, 7) is 1.98. The maximum atomic E-state index is 15.4. The highest BCUT2D eigenvalue weighted by molar-refractivity contribution is 6.36. The molecule has 4 amide bonds. The Morgan fingerprint density at radius 1 is 0.880 bits per heavy atom. The molecule has 0 radical (unpaired) electrons. The minimum Gasteiger partial charge on any atom is -0.507 e. The predicted molar refractivity (Wildman–Crippen MR) is 184 cm³/mol. The molecule has 2 heterocycles. The van der Waals surface area contributed by atoms with Crippen molar-refractivity contribution in [1.82, 2.24) is 9.91 Å². The molecule has 11 nitrogen and oxygen atoms in total. The van der Waals surface area contributed by atoms with Crippen molar-refractivity contribution in [3.05, 3.63) is 87.4 Å². The fraction of sp³-hybridized carbons (Fsp3) is 0.351. The van der Waals surface area contributed by atoms with Crippen LogP contribution in [0.5, 0.6) is 23.0 Å². The van der Waals surface area contributed by atoms with Crippen molar-refractivity contribution >= 4 is 52.5 Å². The molecule has 1 saturated carbocycles. The Balaban J connectivity index is 1.52. The van der Waals surface area contributed by atoms with E-state index in [4.69, 9.17) is 37.4 Å². The summed E-state index contributed by atoms with van der Waals surface area (Å²) in [7, 11) is 4.42. The summed E-state index contributed by atoms with van der Waals surface area (Å²) < 4.78 is 16.8. The lowest BCUT2D eigenvalue weighted by atomic mass is 9.49. The van der Waals surface area contributed by atoms with E-state index in [0.29, 0.717) is 27.7 Å². The molecule has 260 valence electrons. The first-order valence-electron chi connectivity index (χ1n) is 16.3. The SMILES string of the molecule is CCN1C(=O)[C@H]2[C@H](CC=C3[C@H]2C[C@H]2C(=O)N(Nc4ccc(Cl)cc4Cl)C(=O)[C@@]2(c2ccc(OC)cc2)[C@H]3c2c(O)cc(OC)cc2OC)C1=O. The van der Waals surface area contributed by atoms with E-state index < -0.39 is 46.8 Å². The van der Waals surface area contributed by atoms with Gasteiger partial charge in [0.05, 0.1) is 55.2 Å². The van der Waals surface area contributed by atoms with Gasteiger partial charge in [-0.25, -0.2) is 0 Å². The highest BCUT2D eigenvalue weighted by Gasteiger charge is 2.71. The molecule has 6 atom stereocenters. The summed E-state index contributed by atoms with van der Waals surface area (Å²) in [6.07, 6.45) is 2.25. The monoisotopic (exact) mass is 719 g/mol. The molecule has 0 spiro atoms. The number of ether oxygens (including phenoxy) is 3. The van der Waals surface area contributed by atoms with Crippen LogP contribution in [-0.2, 0) is 24.6 Å². The van der Waals surface area contributed by atoms with E-state index in [1.54, 1.807) is 49.4 Å². The number of methoxy groups -OCH3 is 3. The number of hydrogen-bond acceptors (Lipinski definition) is 9. The van der Waals surface area contributed by atoms with Gasteiger partial charge in [0, 0.05) is 35.2 Å². The molecule has 4 aliphatic rings. The van der Waals surface area contributed by atoms with E-state index >= 15 is 4.79 Å². The number of anilines is 1. The number of rotatable bonds is 8. The maximum Gasteiger partial charge on any atom is 0.260 e. The van der Waals surface area contributed by atoms with Crippen LogP contribution in [0.2, 0.25) is 10.0 Å². The summed E-state index contributed by atoms with van der Waals surface area (Å²) in [6, 6.07) is 14.6. The lowest BCUT2D eigenvalue weighted by Crippen LogP contribution is -2.53. The van der Waals surface area contributed by atoms with Crippen LogP contribution in [0.4, 0.5) is 5.69 Å². The number of amides is 4. The molecule has 50 heavy (non-hydrogen) atoms. The molecule has 7 rings (SSSR count). The molecule has 13 heteroatoms. The quantitative estimate of drug-likeness (QED) is 0.221. The molecular weight excluding hydrogens is 685 g/mol. The fourth-order valence-corrected chi connectivity index (χ4v) is 9.15. The van der Waals surface area contributed by atoms with Crippen LogP contribution in [-0.4, -0.2) is 66.5 Å². The van der Waals surface area contributed by atoms with Crippen molar-refractivity contribution in [3.63, 3.8) is 0 Å². The Kier molecular flexibility index (Phi) is 8.47. The summed E-state index contributed by atoms with van der Waals surface area (Å²) in [5.74, 6) is -4.91. The van der Waals surface area contributed by atoms with Gasteiger partial charge in [-0.15, -0.1) is 0 Å². The molecule has 2 aliphatic carbocycles. The molecule has 0 unspecified atom stereocenters. The number of carbonyl (C=O) groups is 4. The number of hydrazine groups is 1. The van der Waals surface area contributed by atoms with E-state index in [2.05, 4.69) is 5.43 Å². The van der Waals surface area contributed by atoms with Gasteiger partial charge >= 0.3 is 0 Å². The standard InChI is InChI=1S/C37H35Cl2N3O8/c1-5-41-33(44)23-12-11-22-24(30(23)35(41)46)17-25-34(45)42(40-27-13-8-19(38)14-26(27)39)36(47)37(25,18-6-9-20(48-2)10-7-18)32(22)31-28(43)15-21(49-3)16-29(31)50-4/h6-11,13-16,23-25,30,32,40,43H,5,12,17H2,1-4H3/t23-,24+,25-,30-,32+,37+/m0/s1. The van der Waals surface area contributed by atoms with E-state index in [0.717, 1.165) is 5.01 Å². The van der Waals surface area contributed by atoms with Gasteiger partial charge in [-0.3, -0.25) is 29.5 Å². The molecule has 2 N–H and O–H groups in total. The van der Waals surface area contributed by atoms with Gasteiger partial charge < -0.3 is 19.3 Å². The third kappa shape index (κ3) is 4.77. The third-order valence-corrected chi connectivity index (χ3v) is 11.4. The normalized spacial score (nSPS) is 27.1.